The summed E-state index contributed by atoms with van der Waals surface area (Å²) in [4.78, 5) is 16.9. The lowest BCUT2D eigenvalue weighted by Gasteiger charge is -2.42. The molecule has 128 valence electrons. The number of carbonyl (C=O) groups is 1. The molecule has 1 saturated heterocycles. The smallest absolute Gasteiger partial charge is 0.244 e. The highest BCUT2D eigenvalue weighted by atomic mass is 16.2. The average Bonchev–Trinajstić information content (AvgIpc) is 2.76. The molecule has 0 bridgehead atoms. The van der Waals surface area contributed by atoms with Crippen molar-refractivity contribution in [1.82, 2.24) is 19.6 Å². The van der Waals surface area contributed by atoms with Crippen LogP contribution in [0.25, 0.3) is 0 Å². The molecular weight excluding hydrogens is 300 g/mol. The van der Waals surface area contributed by atoms with Crippen LogP contribution in [0.15, 0.2) is 30.3 Å². The highest BCUT2D eigenvalue weighted by molar-refractivity contribution is 5.84. The second-order valence-electron chi connectivity index (χ2n) is 7.05. The van der Waals surface area contributed by atoms with Crippen LogP contribution < -0.4 is 0 Å². The summed E-state index contributed by atoms with van der Waals surface area (Å²) in [5.41, 5.74) is 4.42. The Balaban J connectivity index is 1.73. The van der Waals surface area contributed by atoms with Crippen LogP contribution in [-0.2, 0) is 4.79 Å². The average molecular weight is 326 g/mol. The Kier molecular flexibility index (Phi) is 4.45. The van der Waals surface area contributed by atoms with Crippen molar-refractivity contribution in [3.05, 3.63) is 52.8 Å². The number of likely N-dealkylation sites (tertiary alicyclic amines) is 1. The van der Waals surface area contributed by atoms with Gasteiger partial charge in [-0.15, -0.1) is 0 Å². The first-order valence-electron chi connectivity index (χ1n) is 8.41. The normalized spacial score (nSPS) is 16.3. The molecule has 1 aliphatic heterocycles. The van der Waals surface area contributed by atoms with Crippen molar-refractivity contribution in [2.45, 2.75) is 32.9 Å². The van der Waals surface area contributed by atoms with Crippen molar-refractivity contribution in [3.63, 3.8) is 0 Å². The summed E-state index contributed by atoms with van der Waals surface area (Å²) in [6.45, 7) is 7.60. The Morgan fingerprint density at radius 2 is 1.92 bits per heavy atom. The van der Waals surface area contributed by atoms with Crippen molar-refractivity contribution >= 4 is 5.91 Å². The third-order valence-electron chi connectivity index (χ3n) is 4.67. The van der Waals surface area contributed by atoms with Gasteiger partial charge in [-0.05, 0) is 46.5 Å². The van der Waals surface area contributed by atoms with Gasteiger partial charge >= 0.3 is 0 Å². The lowest BCUT2D eigenvalue weighted by Crippen LogP contribution is -2.54. The molecule has 3 rings (SSSR count). The standard InChI is InChI=1S/C19H26N4O/c1-13-7-6-8-16(9-13)18(21(4)5)19(24)22-11-17(12-22)23-15(3)10-14(2)20-23/h6-10,17-18H,11-12H2,1-5H3/t18-/m1/s1. The largest absolute Gasteiger partial charge is 0.337 e. The molecule has 0 N–H and O–H groups in total. The Labute approximate surface area is 143 Å². The van der Waals surface area contributed by atoms with Gasteiger partial charge in [0.2, 0.25) is 5.91 Å². The van der Waals surface area contributed by atoms with Gasteiger partial charge in [0.25, 0.3) is 0 Å². The van der Waals surface area contributed by atoms with Crippen molar-refractivity contribution < 1.29 is 4.79 Å². The molecule has 1 fully saturated rings. The molecular formula is C19H26N4O. The minimum absolute atomic E-state index is 0.170. The molecule has 1 atom stereocenters. The second-order valence-corrected chi connectivity index (χ2v) is 7.05. The fraction of sp³-hybridized carbons (Fsp3) is 0.474. The zero-order chi connectivity index (χ0) is 17.4. The van der Waals surface area contributed by atoms with Crippen LogP contribution in [0.3, 0.4) is 0 Å². The van der Waals surface area contributed by atoms with Gasteiger partial charge in [0.15, 0.2) is 0 Å². The summed E-state index contributed by atoms with van der Waals surface area (Å²) >= 11 is 0. The van der Waals surface area contributed by atoms with Crippen LogP contribution >= 0.6 is 0 Å². The Morgan fingerprint density at radius 1 is 1.21 bits per heavy atom. The quantitative estimate of drug-likeness (QED) is 0.867. The zero-order valence-electron chi connectivity index (χ0n) is 15.2. The Hall–Kier alpha value is -2.14. The highest BCUT2D eigenvalue weighted by Crippen LogP contribution is 2.29. The van der Waals surface area contributed by atoms with Gasteiger partial charge in [-0.1, -0.05) is 29.8 Å². The van der Waals surface area contributed by atoms with Crippen LogP contribution in [-0.4, -0.2) is 52.7 Å². The van der Waals surface area contributed by atoms with Crippen molar-refractivity contribution in [1.29, 1.82) is 0 Å². The molecule has 0 unspecified atom stereocenters. The number of carbonyl (C=O) groups excluding carboxylic acids is 1. The van der Waals surface area contributed by atoms with Gasteiger partial charge in [0, 0.05) is 18.8 Å². The second kappa shape index (κ2) is 6.40. The first-order chi connectivity index (χ1) is 11.4. The van der Waals surface area contributed by atoms with E-state index in [1.165, 1.54) is 5.56 Å². The summed E-state index contributed by atoms with van der Waals surface area (Å²) in [7, 11) is 3.92. The number of benzene rings is 1. The molecule has 1 aromatic carbocycles. The Morgan fingerprint density at radius 3 is 2.46 bits per heavy atom. The molecule has 1 aliphatic rings. The van der Waals surface area contributed by atoms with Gasteiger partial charge < -0.3 is 4.90 Å². The summed E-state index contributed by atoms with van der Waals surface area (Å²) in [6, 6.07) is 10.4. The van der Waals surface area contributed by atoms with E-state index < -0.39 is 0 Å². The van der Waals surface area contributed by atoms with E-state index in [9.17, 15) is 4.79 Å². The molecule has 2 heterocycles. The van der Waals surface area contributed by atoms with Gasteiger partial charge in [0.05, 0.1) is 11.7 Å². The van der Waals surface area contributed by atoms with E-state index in [1.54, 1.807) is 0 Å². The van der Waals surface area contributed by atoms with Crippen molar-refractivity contribution in [2.75, 3.05) is 27.2 Å². The van der Waals surface area contributed by atoms with E-state index in [2.05, 4.69) is 41.8 Å². The molecule has 0 saturated carbocycles. The van der Waals surface area contributed by atoms with Crippen LogP contribution in [0.5, 0.6) is 0 Å². The molecule has 0 spiro atoms. The lowest BCUT2D eigenvalue weighted by atomic mass is 9.99. The number of hydrogen-bond donors (Lipinski definition) is 0. The fourth-order valence-electron chi connectivity index (χ4n) is 3.48. The van der Waals surface area contributed by atoms with Gasteiger partial charge in [-0.25, -0.2) is 0 Å². The van der Waals surface area contributed by atoms with E-state index in [1.807, 2.05) is 43.0 Å². The summed E-state index contributed by atoms with van der Waals surface area (Å²) < 4.78 is 2.05. The minimum atomic E-state index is -0.230. The van der Waals surface area contributed by atoms with E-state index in [0.29, 0.717) is 6.04 Å². The molecule has 2 aromatic rings. The maximum absolute atomic E-state index is 13.0. The monoisotopic (exact) mass is 326 g/mol. The van der Waals surface area contributed by atoms with E-state index >= 15 is 0 Å². The number of hydrogen-bond acceptors (Lipinski definition) is 3. The van der Waals surface area contributed by atoms with E-state index in [0.717, 1.165) is 30.0 Å². The zero-order valence-corrected chi connectivity index (χ0v) is 15.2. The number of aromatic nitrogens is 2. The first kappa shape index (κ1) is 16.7. The van der Waals surface area contributed by atoms with E-state index in [4.69, 9.17) is 0 Å². The lowest BCUT2D eigenvalue weighted by molar-refractivity contribution is -0.142. The van der Waals surface area contributed by atoms with Crippen LogP contribution in [0.1, 0.15) is 34.6 Å². The highest BCUT2D eigenvalue weighted by Gasteiger charge is 2.37. The van der Waals surface area contributed by atoms with Gasteiger partial charge in [-0.2, -0.15) is 5.10 Å². The molecule has 0 aliphatic carbocycles. The number of nitrogens with zero attached hydrogens (tertiary/aromatic N) is 4. The topological polar surface area (TPSA) is 41.4 Å². The third kappa shape index (κ3) is 3.08. The Bertz CT molecular complexity index is 744. The van der Waals surface area contributed by atoms with Crippen LogP contribution in [0.2, 0.25) is 0 Å². The van der Waals surface area contributed by atoms with Crippen molar-refractivity contribution in [3.8, 4) is 0 Å². The fourth-order valence-corrected chi connectivity index (χ4v) is 3.48. The van der Waals surface area contributed by atoms with Gasteiger partial charge in [0.1, 0.15) is 6.04 Å². The molecule has 5 nitrogen and oxygen atoms in total. The summed E-state index contributed by atoms with van der Waals surface area (Å²) in [5.74, 6) is 0.170. The summed E-state index contributed by atoms with van der Waals surface area (Å²) in [5, 5.41) is 4.54. The molecule has 1 aromatic heterocycles. The molecule has 0 radical (unpaired) electrons. The first-order valence-corrected chi connectivity index (χ1v) is 8.41. The molecule has 5 heteroatoms. The van der Waals surface area contributed by atoms with Crippen molar-refractivity contribution in [2.24, 2.45) is 0 Å². The van der Waals surface area contributed by atoms with Gasteiger partial charge in [-0.3, -0.25) is 14.4 Å². The number of rotatable bonds is 4. The maximum atomic E-state index is 13.0. The third-order valence-corrected chi connectivity index (χ3v) is 4.67. The van der Waals surface area contributed by atoms with Crippen LogP contribution in [0.4, 0.5) is 0 Å². The number of likely N-dealkylation sites (N-methyl/N-ethyl adjacent to an activating group) is 1. The predicted molar refractivity (Wildman–Crippen MR) is 94.9 cm³/mol. The van der Waals surface area contributed by atoms with E-state index in [-0.39, 0.29) is 11.9 Å². The maximum Gasteiger partial charge on any atom is 0.244 e. The minimum Gasteiger partial charge on any atom is -0.337 e. The SMILES string of the molecule is Cc1cccc([C@H](C(=O)N2CC(n3nc(C)cc3C)C2)N(C)C)c1. The number of amides is 1. The number of aryl methyl sites for hydroxylation is 3. The predicted octanol–water partition coefficient (Wildman–Crippen LogP) is 2.49. The summed E-state index contributed by atoms with van der Waals surface area (Å²) in [6.07, 6.45) is 0. The van der Waals surface area contributed by atoms with Crippen LogP contribution in [0, 0.1) is 20.8 Å². The molecule has 1 amide bonds. The molecule has 24 heavy (non-hydrogen) atoms.